The van der Waals surface area contributed by atoms with Crippen molar-refractivity contribution in [2.75, 3.05) is 41.1 Å². The third kappa shape index (κ3) is 3.41. The van der Waals surface area contributed by atoms with Crippen LogP contribution in [0.2, 0.25) is 0 Å². The van der Waals surface area contributed by atoms with Crippen molar-refractivity contribution in [2.24, 2.45) is 5.73 Å². The molecule has 0 fully saturated rings. The average Bonchev–Trinajstić information content (AvgIpc) is 3.46. The Labute approximate surface area is 190 Å². The minimum Gasteiger partial charge on any atom is -0.497 e. The van der Waals surface area contributed by atoms with E-state index in [9.17, 15) is 4.79 Å². The number of carbonyl (C=O) groups is 1. The Morgan fingerprint density at radius 1 is 1.24 bits per heavy atom. The molecule has 2 N–H and O–H groups in total. The number of fused-ring (bicyclic) bond motifs is 2. The Hall–Kier alpha value is -3.86. The lowest BCUT2D eigenvalue weighted by Crippen LogP contribution is -2.56. The first-order valence-corrected chi connectivity index (χ1v) is 10.5. The first-order valence-electron chi connectivity index (χ1n) is 10.5. The van der Waals surface area contributed by atoms with Gasteiger partial charge in [0.15, 0.2) is 24.1 Å². The summed E-state index contributed by atoms with van der Waals surface area (Å²) in [6, 6.07) is 8.96. The van der Waals surface area contributed by atoms with Gasteiger partial charge in [-0.25, -0.2) is 0 Å². The highest BCUT2D eigenvalue weighted by molar-refractivity contribution is 5.75. The third-order valence-electron chi connectivity index (χ3n) is 6.31. The molecule has 0 spiro atoms. The third-order valence-corrected chi connectivity index (χ3v) is 6.31. The van der Waals surface area contributed by atoms with Crippen molar-refractivity contribution in [1.82, 2.24) is 20.2 Å². The number of ether oxygens (including phenoxy) is 4. The predicted molar refractivity (Wildman–Crippen MR) is 115 cm³/mol. The maximum atomic E-state index is 12.1. The summed E-state index contributed by atoms with van der Waals surface area (Å²) < 4.78 is 24.4. The van der Waals surface area contributed by atoms with Gasteiger partial charge in [-0.2, -0.15) is 4.68 Å². The molecule has 0 saturated heterocycles. The Balaban J connectivity index is 1.73. The van der Waals surface area contributed by atoms with Crippen molar-refractivity contribution in [1.29, 1.82) is 0 Å². The number of carbonyl (C=O) groups excluding carboxylic acids is 1. The minimum atomic E-state index is -0.442. The second kappa shape index (κ2) is 7.93. The van der Waals surface area contributed by atoms with Crippen molar-refractivity contribution in [3.05, 3.63) is 47.3 Å². The summed E-state index contributed by atoms with van der Waals surface area (Å²) in [5.41, 5.74) is 8.34. The molecule has 2 aliphatic heterocycles. The van der Waals surface area contributed by atoms with E-state index in [1.54, 1.807) is 18.9 Å². The zero-order chi connectivity index (χ0) is 23.2. The molecule has 1 amide bonds. The minimum absolute atomic E-state index is 0.108. The van der Waals surface area contributed by atoms with Gasteiger partial charge in [0, 0.05) is 6.42 Å². The number of hydrogen-bond donors (Lipinski definition) is 1. The van der Waals surface area contributed by atoms with Crippen LogP contribution in [0.3, 0.4) is 0 Å². The Morgan fingerprint density at radius 2 is 2.03 bits per heavy atom. The molecular formula is C22H25N6O5+. The van der Waals surface area contributed by atoms with Crippen LogP contribution in [-0.2, 0) is 11.2 Å². The van der Waals surface area contributed by atoms with Crippen LogP contribution in [0.5, 0.6) is 23.0 Å². The number of likely N-dealkylation sites (N-methyl/N-ethyl adjacent to an activating group) is 1. The summed E-state index contributed by atoms with van der Waals surface area (Å²) in [5, 5.41) is 12.6. The van der Waals surface area contributed by atoms with Crippen molar-refractivity contribution in [2.45, 2.75) is 12.5 Å². The Morgan fingerprint density at radius 3 is 2.73 bits per heavy atom. The van der Waals surface area contributed by atoms with E-state index in [2.05, 4.69) is 15.5 Å². The first-order chi connectivity index (χ1) is 15.9. The van der Waals surface area contributed by atoms with Crippen molar-refractivity contribution >= 4 is 5.91 Å². The fourth-order valence-corrected chi connectivity index (χ4v) is 4.81. The summed E-state index contributed by atoms with van der Waals surface area (Å²) in [5.74, 6) is 2.61. The van der Waals surface area contributed by atoms with Crippen LogP contribution >= 0.6 is 0 Å². The fourth-order valence-electron chi connectivity index (χ4n) is 4.81. The zero-order valence-electron chi connectivity index (χ0n) is 18.6. The second-order valence-electron chi connectivity index (χ2n) is 8.34. The molecule has 0 aliphatic carbocycles. The summed E-state index contributed by atoms with van der Waals surface area (Å²) in [4.78, 5) is 12.1. The molecule has 3 aromatic rings. The number of methoxy groups -OCH3 is 2. The van der Waals surface area contributed by atoms with Crippen LogP contribution in [-0.4, -0.2) is 71.7 Å². The topological polar surface area (TPSA) is 124 Å². The molecule has 1 aromatic heterocycles. The van der Waals surface area contributed by atoms with Gasteiger partial charge in [0.2, 0.25) is 18.4 Å². The molecule has 2 aromatic carbocycles. The Kier molecular flexibility index (Phi) is 5.05. The quantitative estimate of drug-likeness (QED) is 0.548. The summed E-state index contributed by atoms with van der Waals surface area (Å²) in [6.45, 7) is 0.881. The number of aromatic nitrogens is 4. The number of benzene rings is 2. The van der Waals surface area contributed by atoms with Gasteiger partial charge in [0.25, 0.3) is 5.91 Å². The van der Waals surface area contributed by atoms with E-state index < -0.39 is 11.9 Å². The van der Waals surface area contributed by atoms with Crippen LogP contribution in [0.4, 0.5) is 0 Å². The number of amides is 1. The highest BCUT2D eigenvalue weighted by atomic mass is 16.7. The molecule has 5 rings (SSSR count). The highest BCUT2D eigenvalue weighted by Crippen LogP contribution is 2.52. The number of rotatable bonds is 6. The van der Waals surface area contributed by atoms with Gasteiger partial charge in [0.05, 0.1) is 39.1 Å². The lowest BCUT2D eigenvalue weighted by Gasteiger charge is -2.44. The van der Waals surface area contributed by atoms with Crippen LogP contribution < -0.4 is 24.7 Å². The molecule has 2 atom stereocenters. The maximum absolute atomic E-state index is 12.1. The average molecular weight is 453 g/mol. The van der Waals surface area contributed by atoms with Gasteiger partial charge in [-0.05, 0) is 46.3 Å². The number of hydrogen-bond acceptors (Lipinski definition) is 8. The summed E-state index contributed by atoms with van der Waals surface area (Å²) in [7, 11) is 5.18. The number of nitrogens with zero attached hydrogens (tertiary/aromatic N) is 5. The molecule has 0 bridgehead atoms. The van der Waals surface area contributed by atoms with Crippen molar-refractivity contribution in [3.63, 3.8) is 0 Å². The molecule has 3 heterocycles. The number of nitrogens with two attached hydrogens (primary N) is 1. The molecule has 172 valence electrons. The number of tetrazole rings is 1. The molecule has 0 radical (unpaired) electrons. The SMILES string of the molecule is COc1ccc(-n2nnnc2[C@H]2c3c(cc4c(c3OC)OCO4)CC[N@@+]2(C)CC(N)=O)cc1. The monoisotopic (exact) mass is 453 g/mol. The van der Waals surface area contributed by atoms with E-state index in [-0.39, 0.29) is 17.8 Å². The zero-order valence-corrected chi connectivity index (χ0v) is 18.6. The van der Waals surface area contributed by atoms with E-state index in [1.165, 1.54) is 0 Å². The second-order valence-corrected chi connectivity index (χ2v) is 8.34. The molecular weight excluding hydrogens is 428 g/mol. The smallest absolute Gasteiger partial charge is 0.272 e. The number of quaternary nitrogens is 1. The molecule has 11 heteroatoms. The van der Waals surface area contributed by atoms with Crippen LogP contribution in [0.15, 0.2) is 30.3 Å². The van der Waals surface area contributed by atoms with E-state index in [4.69, 9.17) is 24.7 Å². The van der Waals surface area contributed by atoms with Gasteiger partial charge in [-0.1, -0.05) is 0 Å². The molecule has 33 heavy (non-hydrogen) atoms. The van der Waals surface area contributed by atoms with Gasteiger partial charge < -0.3 is 29.2 Å². The van der Waals surface area contributed by atoms with Gasteiger partial charge in [0.1, 0.15) is 5.75 Å². The van der Waals surface area contributed by atoms with Crippen LogP contribution in [0.1, 0.15) is 23.0 Å². The fraction of sp³-hybridized carbons (Fsp3) is 0.364. The maximum Gasteiger partial charge on any atom is 0.272 e. The predicted octanol–water partition coefficient (Wildman–Crippen LogP) is 0.986. The van der Waals surface area contributed by atoms with E-state index in [0.717, 1.165) is 22.6 Å². The van der Waals surface area contributed by atoms with Gasteiger partial charge in [-0.15, -0.1) is 5.10 Å². The standard InChI is InChI=1S/C22H24N6O5/c1-28(11-17(23)29)9-8-13-10-16-20(33-12-32-16)21(31-3)18(13)19(28)22-24-25-26-27(22)14-4-6-15(30-2)7-5-14/h4-7,10,19H,8-9,11-12H2,1-3H3,(H-,23,29)/p+1/t19-,28+/m1/s1. The summed E-state index contributed by atoms with van der Waals surface area (Å²) >= 11 is 0. The largest absolute Gasteiger partial charge is 0.497 e. The van der Waals surface area contributed by atoms with Crippen molar-refractivity contribution in [3.8, 4) is 28.7 Å². The normalized spacial score (nSPS) is 20.9. The van der Waals surface area contributed by atoms with Crippen LogP contribution in [0, 0.1) is 0 Å². The van der Waals surface area contributed by atoms with Gasteiger partial charge >= 0.3 is 0 Å². The first kappa shape index (κ1) is 21.0. The molecule has 11 nitrogen and oxygen atoms in total. The van der Waals surface area contributed by atoms with Crippen LogP contribution in [0.25, 0.3) is 5.69 Å². The Bertz CT molecular complexity index is 1210. The van der Waals surface area contributed by atoms with Crippen molar-refractivity contribution < 1.29 is 28.2 Å². The highest BCUT2D eigenvalue weighted by Gasteiger charge is 2.48. The van der Waals surface area contributed by atoms with E-state index in [0.29, 0.717) is 36.0 Å². The molecule has 0 saturated carbocycles. The summed E-state index contributed by atoms with van der Waals surface area (Å²) in [6.07, 6.45) is 0.701. The van der Waals surface area contributed by atoms with E-state index in [1.807, 2.05) is 37.4 Å². The van der Waals surface area contributed by atoms with E-state index >= 15 is 0 Å². The number of primary amides is 1. The van der Waals surface area contributed by atoms with Gasteiger partial charge in [-0.3, -0.25) is 4.79 Å². The molecule has 0 unspecified atom stereocenters. The lowest BCUT2D eigenvalue weighted by atomic mass is 9.88. The molecule has 2 aliphatic rings. The lowest BCUT2D eigenvalue weighted by molar-refractivity contribution is -0.929.